The van der Waals surface area contributed by atoms with Crippen LogP contribution in [0.5, 0.6) is 0 Å². The Balaban J connectivity index is 1.65. The Labute approximate surface area is 119 Å². The Bertz CT molecular complexity index is 647. The number of sulfonamides is 1. The molecular formula is C15H18N2O2S. The molecule has 3 atom stereocenters. The second-order valence-electron chi connectivity index (χ2n) is 5.63. The van der Waals surface area contributed by atoms with Crippen molar-refractivity contribution in [3.05, 3.63) is 42.0 Å². The molecule has 0 heterocycles. The molecule has 2 aliphatic rings. The molecule has 1 N–H and O–H groups in total. The van der Waals surface area contributed by atoms with Gasteiger partial charge in [0, 0.05) is 12.1 Å². The van der Waals surface area contributed by atoms with Crippen molar-refractivity contribution < 1.29 is 8.42 Å². The molecule has 0 aliphatic heterocycles. The average molecular weight is 290 g/mol. The third kappa shape index (κ3) is 2.63. The highest BCUT2D eigenvalue weighted by atomic mass is 32.2. The van der Waals surface area contributed by atoms with E-state index in [0.29, 0.717) is 17.8 Å². The number of hydrogen-bond acceptors (Lipinski definition) is 3. The molecule has 0 aromatic heterocycles. The summed E-state index contributed by atoms with van der Waals surface area (Å²) in [5.74, 6) is 1.56. The van der Waals surface area contributed by atoms with E-state index in [2.05, 4.69) is 22.1 Å². The standard InChI is InChI=1S/C15H18N2O2S/c1-11-2-6-15(7-3-11)20(18,19)17-16-10-14-9-12-4-5-13(14)8-12/h2-7,10,12-14,17H,8-9H2,1H3. The lowest BCUT2D eigenvalue weighted by Crippen LogP contribution is -2.20. The van der Waals surface area contributed by atoms with Gasteiger partial charge in [-0.25, -0.2) is 4.83 Å². The zero-order chi connectivity index (χ0) is 14.2. The summed E-state index contributed by atoms with van der Waals surface area (Å²) in [5.41, 5.74) is 1.03. The van der Waals surface area contributed by atoms with Gasteiger partial charge >= 0.3 is 0 Å². The number of fused-ring (bicyclic) bond motifs is 2. The summed E-state index contributed by atoms with van der Waals surface area (Å²) < 4.78 is 24.1. The Morgan fingerprint density at radius 2 is 1.95 bits per heavy atom. The summed E-state index contributed by atoms with van der Waals surface area (Å²) in [6, 6.07) is 6.74. The maximum Gasteiger partial charge on any atom is 0.276 e. The van der Waals surface area contributed by atoms with Gasteiger partial charge in [-0.2, -0.15) is 13.5 Å². The number of hydrazone groups is 1. The number of benzene rings is 1. The number of nitrogens with one attached hydrogen (secondary N) is 1. The molecule has 3 unspecified atom stereocenters. The van der Waals surface area contributed by atoms with Crippen LogP contribution in [-0.4, -0.2) is 14.6 Å². The van der Waals surface area contributed by atoms with Crippen LogP contribution in [0.3, 0.4) is 0 Å². The van der Waals surface area contributed by atoms with E-state index in [1.807, 2.05) is 6.92 Å². The minimum Gasteiger partial charge on any atom is -0.200 e. The van der Waals surface area contributed by atoms with Gasteiger partial charge in [0.2, 0.25) is 0 Å². The summed E-state index contributed by atoms with van der Waals surface area (Å²) in [5, 5.41) is 3.95. The Hall–Kier alpha value is -1.62. The van der Waals surface area contributed by atoms with E-state index >= 15 is 0 Å². The van der Waals surface area contributed by atoms with Crippen LogP contribution in [0.25, 0.3) is 0 Å². The first-order valence-electron chi connectivity index (χ1n) is 6.84. The summed E-state index contributed by atoms with van der Waals surface area (Å²) in [6.45, 7) is 1.92. The highest BCUT2D eigenvalue weighted by Gasteiger charge is 2.34. The van der Waals surface area contributed by atoms with Crippen LogP contribution in [0.1, 0.15) is 18.4 Å². The zero-order valence-corrected chi connectivity index (χ0v) is 12.2. The fourth-order valence-electron chi connectivity index (χ4n) is 2.96. The molecule has 2 aliphatic carbocycles. The van der Waals surface area contributed by atoms with E-state index in [9.17, 15) is 8.42 Å². The van der Waals surface area contributed by atoms with Gasteiger partial charge in [-0.3, -0.25) is 0 Å². The molecular weight excluding hydrogens is 272 g/mol. The number of allylic oxidation sites excluding steroid dienone is 2. The Morgan fingerprint density at radius 3 is 2.55 bits per heavy atom. The topological polar surface area (TPSA) is 58.5 Å². The number of rotatable bonds is 4. The molecule has 0 amide bonds. The molecule has 106 valence electrons. The van der Waals surface area contributed by atoms with Crippen molar-refractivity contribution in [2.75, 3.05) is 0 Å². The number of nitrogens with zero attached hydrogens (tertiary/aromatic N) is 1. The predicted molar refractivity (Wildman–Crippen MR) is 78.8 cm³/mol. The van der Waals surface area contributed by atoms with Crippen molar-refractivity contribution in [2.45, 2.75) is 24.7 Å². The summed E-state index contributed by atoms with van der Waals surface area (Å²) in [6.07, 6.45) is 8.49. The molecule has 0 radical (unpaired) electrons. The van der Waals surface area contributed by atoms with Crippen LogP contribution in [0.15, 0.2) is 46.4 Å². The van der Waals surface area contributed by atoms with Crippen LogP contribution >= 0.6 is 0 Å². The summed E-state index contributed by atoms with van der Waals surface area (Å²) in [7, 11) is -3.55. The van der Waals surface area contributed by atoms with Crippen molar-refractivity contribution >= 4 is 16.2 Å². The first-order chi connectivity index (χ1) is 9.54. The molecule has 2 bridgehead atoms. The van der Waals surface area contributed by atoms with Gasteiger partial charge in [0.25, 0.3) is 10.0 Å². The fraction of sp³-hybridized carbons (Fsp3) is 0.400. The highest BCUT2D eigenvalue weighted by molar-refractivity contribution is 7.89. The van der Waals surface area contributed by atoms with E-state index in [-0.39, 0.29) is 4.90 Å². The smallest absolute Gasteiger partial charge is 0.200 e. The second kappa shape index (κ2) is 5.05. The van der Waals surface area contributed by atoms with Crippen LogP contribution in [0, 0.1) is 24.7 Å². The summed E-state index contributed by atoms with van der Waals surface area (Å²) in [4.78, 5) is 2.54. The first-order valence-corrected chi connectivity index (χ1v) is 8.33. The number of aryl methyl sites for hydroxylation is 1. The van der Waals surface area contributed by atoms with Gasteiger partial charge in [0.1, 0.15) is 0 Å². The molecule has 1 fully saturated rings. The number of hydrogen-bond donors (Lipinski definition) is 1. The average Bonchev–Trinajstić information content (AvgIpc) is 3.01. The maximum atomic E-state index is 12.0. The molecule has 20 heavy (non-hydrogen) atoms. The van der Waals surface area contributed by atoms with Crippen molar-refractivity contribution in [1.29, 1.82) is 0 Å². The minimum absolute atomic E-state index is 0.244. The Morgan fingerprint density at radius 1 is 1.20 bits per heavy atom. The van der Waals surface area contributed by atoms with Gasteiger partial charge in [-0.05, 0) is 43.7 Å². The summed E-state index contributed by atoms with van der Waals surface area (Å²) >= 11 is 0. The van der Waals surface area contributed by atoms with E-state index in [4.69, 9.17) is 0 Å². The van der Waals surface area contributed by atoms with Crippen molar-refractivity contribution in [3.8, 4) is 0 Å². The predicted octanol–water partition coefficient (Wildman–Crippen LogP) is 2.47. The quantitative estimate of drug-likeness (QED) is 0.526. The zero-order valence-electron chi connectivity index (χ0n) is 11.4. The van der Waals surface area contributed by atoms with Gasteiger partial charge in [-0.15, -0.1) is 0 Å². The normalized spacial score (nSPS) is 28.4. The monoisotopic (exact) mass is 290 g/mol. The van der Waals surface area contributed by atoms with E-state index in [0.717, 1.165) is 12.0 Å². The molecule has 3 rings (SSSR count). The third-order valence-electron chi connectivity index (χ3n) is 4.10. The van der Waals surface area contributed by atoms with Gasteiger partial charge in [-0.1, -0.05) is 29.8 Å². The lowest BCUT2D eigenvalue weighted by molar-refractivity contribution is 0.578. The van der Waals surface area contributed by atoms with Crippen molar-refractivity contribution in [3.63, 3.8) is 0 Å². The maximum absolute atomic E-state index is 12.0. The lowest BCUT2D eigenvalue weighted by atomic mass is 9.95. The van der Waals surface area contributed by atoms with Gasteiger partial charge in [0.15, 0.2) is 0 Å². The largest absolute Gasteiger partial charge is 0.276 e. The lowest BCUT2D eigenvalue weighted by Gasteiger charge is -2.12. The SMILES string of the molecule is Cc1ccc(S(=O)(=O)NN=CC2CC3C=CC2C3)cc1. The first kappa shape index (κ1) is 13.4. The molecule has 0 spiro atoms. The molecule has 4 nitrogen and oxygen atoms in total. The van der Waals surface area contributed by atoms with Gasteiger partial charge in [0.05, 0.1) is 4.90 Å². The van der Waals surface area contributed by atoms with E-state index < -0.39 is 10.0 Å². The highest BCUT2D eigenvalue weighted by Crippen LogP contribution is 2.42. The minimum atomic E-state index is -3.55. The van der Waals surface area contributed by atoms with Crippen LogP contribution in [0.4, 0.5) is 0 Å². The Kier molecular flexibility index (Phi) is 3.38. The third-order valence-corrected chi connectivity index (χ3v) is 5.34. The van der Waals surface area contributed by atoms with Crippen LogP contribution in [-0.2, 0) is 10.0 Å². The molecule has 1 aromatic carbocycles. The van der Waals surface area contributed by atoms with Crippen LogP contribution in [0.2, 0.25) is 0 Å². The molecule has 1 aromatic rings. The van der Waals surface area contributed by atoms with E-state index in [1.165, 1.54) is 6.42 Å². The van der Waals surface area contributed by atoms with E-state index in [1.54, 1.807) is 30.5 Å². The van der Waals surface area contributed by atoms with Gasteiger partial charge < -0.3 is 0 Å². The second-order valence-corrected chi connectivity index (χ2v) is 7.29. The van der Waals surface area contributed by atoms with Crippen molar-refractivity contribution in [2.24, 2.45) is 22.9 Å². The fourth-order valence-corrected chi connectivity index (χ4v) is 3.76. The van der Waals surface area contributed by atoms with Crippen LogP contribution < -0.4 is 4.83 Å². The van der Waals surface area contributed by atoms with Crippen molar-refractivity contribution in [1.82, 2.24) is 4.83 Å². The molecule has 1 saturated carbocycles. The molecule has 0 saturated heterocycles. The molecule has 5 heteroatoms.